The highest BCUT2D eigenvalue weighted by Crippen LogP contribution is 2.44. The molecule has 0 saturated heterocycles. The van der Waals surface area contributed by atoms with Gasteiger partial charge >= 0.3 is 5.97 Å². The molecule has 1 heterocycles. The van der Waals surface area contributed by atoms with Crippen LogP contribution in [0.1, 0.15) is 81.1 Å². The Morgan fingerprint density at radius 1 is 1.10 bits per heavy atom. The molecule has 0 bridgehead atoms. The highest BCUT2D eigenvalue weighted by atomic mass is 28.4. The van der Waals surface area contributed by atoms with E-state index in [2.05, 4.69) is 69.7 Å². The van der Waals surface area contributed by atoms with Crippen LogP contribution in [-0.4, -0.2) is 39.6 Å². The lowest BCUT2D eigenvalue weighted by molar-refractivity contribution is 0.0601. The van der Waals surface area contributed by atoms with Gasteiger partial charge < -0.3 is 18.9 Å². The van der Waals surface area contributed by atoms with Crippen molar-refractivity contribution in [1.29, 1.82) is 0 Å². The first-order valence-corrected chi connectivity index (χ1v) is 17.7. The van der Waals surface area contributed by atoms with Crippen LogP contribution in [0.25, 0.3) is 22.2 Å². The first kappa shape index (κ1) is 30.1. The summed E-state index contributed by atoms with van der Waals surface area (Å²) in [5.74, 6) is 1.23. The number of esters is 1. The van der Waals surface area contributed by atoms with Crippen molar-refractivity contribution >= 4 is 25.2 Å². The third kappa shape index (κ3) is 6.72. The summed E-state index contributed by atoms with van der Waals surface area (Å²) in [7, 11) is -0.436. The van der Waals surface area contributed by atoms with Crippen molar-refractivity contribution in [3.63, 3.8) is 0 Å². The number of carbonyl (C=O) groups excluding carboxylic acids is 1. The van der Waals surface area contributed by atoms with Crippen molar-refractivity contribution in [2.75, 3.05) is 20.3 Å². The summed E-state index contributed by atoms with van der Waals surface area (Å²) in [6, 6.07) is 14.2. The molecule has 40 heavy (non-hydrogen) atoms. The highest BCUT2D eigenvalue weighted by Gasteiger charge is 2.37. The summed E-state index contributed by atoms with van der Waals surface area (Å²) in [5, 5.41) is 1.34. The lowest BCUT2D eigenvalue weighted by atomic mass is 9.81. The van der Waals surface area contributed by atoms with Crippen molar-refractivity contribution in [1.82, 2.24) is 4.98 Å². The van der Waals surface area contributed by atoms with Gasteiger partial charge in [0.25, 0.3) is 0 Å². The molecule has 1 saturated carbocycles. The van der Waals surface area contributed by atoms with E-state index in [9.17, 15) is 4.79 Å². The van der Waals surface area contributed by atoms with Crippen LogP contribution in [0.15, 0.2) is 55.1 Å². The summed E-state index contributed by atoms with van der Waals surface area (Å²) < 4.78 is 18.1. The number of nitrogens with one attached hydrogen (secondary N) is 1. The molecule has 1 N–H and O–H groups in total. The second-order valence-electron chi connectivity index (χ2n) is 12.8. The predicted molar refractivity (Wildman–Crippen MR) is 168 cm³/mol. The van der Waals surface area contributed by atoms with Gasteiger partial charge in [-0.15, -0.1) is 6.58 Å². The Morgan fingerprint density at radius 3 is 2.50 bits per heavy atom. The van der Waals surface area contributed by atoms with Crippen LogP contribution >= 0.6 is 0 Å². The molecule has 0 unspecified atom stereocenters. The van der Waals surface area contributed by atoms with E-state index in [4.69, 9.17) is 13.9 Å². The molecular weight excluding hydrogens is 514 g/mol. The molecule has 1 atom stereocenters. The Bertz CT molecular complexity index is 1310. The smallest absolute Gasteiger partial charge is 0.337 e. The van der Waals surface area contributed by atoms with Gasteiger partial charge in [0, 0.05) is 29.0 Å². The summed E-state index contributed by atoms with van der Waals surface area (Å²) >= 11 is 0. The largest absolute Gasteiger partial charge is 0.492 e. The van der Waals surface area contributed by atoms with Gasteiger partial charge in [0.1, 0.15) is 5.75 Å². The number of fused-ring (bicyclic) bond motifs is 1. The first-order valence-electron chi connectivity index (χ1n) is 14.8. The molecule has 2 aromatic carbocycles. The fourth-order valence-corrected chi connectivity index (χ4v) is 6.55. The van der Waals surface area contributed by atoms with Crippen molar-refractivity contribution in [2.24, 2.45) is 5.92 Å². The minimum atomic E-state index is -1.86. The van der Waals surface area contributed by atoms with Crippen LogP contribution in [0.4, 0.5) is 0 Å². The number of H-pyrrole nitrogens is 1. The molecule has 0 amide bonds. The number of methoxy groups -OCH3 is 1. The Morgan fingerprint density at radius 2 is 1.82 bits per heavy atom. The number of aromatic amines is 1. The molecule has 1 aromatic heterocycles. The molecule has 0 spiro atoms. The van der Waals surface area contributed by atoms with Crippen LogP contribution < -0.4 is 4.74 Å². The number of rotatable bonds is 11. The molecule has 1 fully saturated rings. The molecule has 4 rings (SSSR count). The average molecular weight is 562 g/mol. The SMILES string of the molecule is C=CC[C@H](COc1ccccc1-c1[nH]c2cc(C(=O)OC)ccc2c1C1CCCCC1)CO[Si](C)(C)C(C)(C)C. The third-order valence-electron chi connectivity index (χ3n) is 8.89. The summed E-state index contributed by atoms with van der Waals surface area (Å²) in [6.07, 6.45) is 8.93. The zero-order valence-corrected chi connectivity index (χ0v) is 26.3. The Labute approximate surface area is 241 Å². The maximum atomic E-state index is 12.3. The van der Waals surface area contributed by atoms with Gasteiger partial charge in [0.05, 0.1) is 25.0 Å². The van der Waals surface area contributed by atoms with Crippen molar-refractivity contribution < 1.29 is 18.7 Å². The normalized spacial score (nSPS) is 15.7. The van der Waals surface area contributed by atoms with E-state index in [1.54, 1.807) is 0 Å². The number of para-hydroxylation sites is 1. The van der Waals surface area contributed by atoms with Crippen LogP contribution in [0, 0.1) is 5.92 Å². The number of benzene rings is 2. The summed E-state index contributed by atoms with van der Waals surface area (Å²) in [5.41, 5.74) is 5.00. The number of hydrogen-bond acceptors (Lipinski definition) is 4. The van der Waals surface area contributed by atoms with Crippen molar-refractivity contribution in [3.8, 4) is 17.0 Å². The monoisotopic (exact) mass is 561 g/mol. The zero-order chi connectivity index (χ0) is 28.9. The van der Waals surface area contributed by atoms with Crippen LogP contribution in [0.2, 0.25) is 18.1 Å². The van der Waals surface area contributed by atoms with Gasteiger partial charge in [0.2, 0.25) is 0 Å². The average Bonchev–Trinajstić information content (AvgIpc) is 3.32. The molecular formula is C34H47NO4Si. The van der Waals surface area contributed by atoms with E-state index in [0.717, 1.165) is 28.9 Å². The molecule has 6 heteroatoms. The minimum absolute atomic E-state index is 0.165. The molecule has 1 aliphatic carbocycles. The van der Waals surface area contributed by atoms with Crippen molar-refractivity contribution in [3.05, 3.63) is 66.2 Å². The second kappa shape index (κ2) is 12.8. The number of aromatic nitrogens is 1. The number of hydrogen-bond donors (Lipinski definition) is 1. The van der Waals surface area contributed by atoms with Crippen molar-refractivity contribution in [2.45, 2.75) is 83.3 Å². The van der Waals surface area contributed by atoms with E-state index < -0.39 is 8.32 Å². The topological polar surface area (TPSA) is 60.6 Å². The molecule has 216 valence electrons. The first-order chi connectivity index (χ1) is 19.1. The molecule has 0 aliphatic heterocycles. The molecule has 3 aromatic rings. The fraction of sp³-hybridized carbons (Fsp3) is 0.500. The van der Waals surface area contributed by atoms with E-state index in [-0.39, 0.29) is 16.9 Å². The quantitative estimate of drug-likeness (QED) is 0.144. The highest BCUT2D eigenvalue weighted by molar-refractivity contribution is 6.74. The molecule has 5 nitrogen and oxygen atoms in total. The van der Waals surface area contributed by atoms with E-state index in [1.807, 2.05) is 24.3 Å². The Kier molecular flexibility index (Phi) is 9.63. The van der Waals surface area contributed by atoms with Gasteiger partial charge in [-0.05, 0) is 73.1 Å². The third-order valence-corrected chi connectivity index (χ3v) is 13.4. The predicted octanol–water partition coefficient (Wildman–Crippen LogP) is 9.26. The fourth-order valence-electron chi connectivity index (χ4n) is 5.46. The van der Waals surface area contributed by atoms with Gasteiger partial charge in [-0.1, -0.05) is 64.3 Å². The Hall–Kier alpha value is -2.83. The summed E-state index contributed by atoms with van der Waals surface area (Å²) in [6.45, 7) is 16.6. The van der Waals surface area contributed by atoms with E-state index in [1.165, 1.54) is 50.2 Å². The second-order valence-corrected chi connectivity index (χ2v) is 17.6. The summed E-state index contributed by atoms with van der Waals surface area (Å²) in [4.78, 5) is 16.0. The van der Waals surface area contributed by atoms with E-state index in [0.29, 0.717) is 24.7 Å². The van der Waals surface area contributed by atoms with Gasteiger partial charge in [-0.25, -0.2) is 4.79 Å². The Balaban J connectivity index is 1.66. The van der Waals surface area contributed by atoms with E-state index >= 15 is 0 Å². The number of allylic oxidation sites excluding steroid dienone is 1. The standard InChI is InChI=1S/C34H47NO4Si/c1-8-14-24(23-39-40(6,7)34(2,3)4)22-38-30-18-13-12-17-28(30)32-31(25-15-10-9-11-16-25)27-20-19-26(33(36)37-5)21-29(27)35-32/h8,12-13,17-21,24-25,35H,1,9-11,14-16,22-23H2,2-7H3/t24-/m1/s1. The molecule has 1 aliphatic rings. The lowest BCUT2D eigenvalue weighted by Crippen LogP contribution is -2.42. The minimum Gasteiger partial charge on any atom is -0.492 e. The number of carbonyl (C=O) groups is 1. The van der Waals surface area contributed by atoms with Crippen LogP contribution in [-0.2, 0) is 9.16 Å². The number of ether oxygens (including phenoxy) is 2. The van der Waals surface area contributed by atoms with Gasteiger partial charge in [-0.3, -0.25) is 0 Å². The van der Waals surface area contributed by atoms with Gasteiger partial charge in [-0.2, -0.15) is 0 Å². The maximum absolute atomic E-state index is 12.3. The molecule has 0 radical (unpaired) electrons. The van der Waals surface area contributed by atoms with Gasteiger partial charge in [0.15, 0.2) is 8.32 Å². The van der Waals surface area contributed by atoms with Crippen LogP contribution in [0.3, 0.4) is 0 Å². The zero-order valence-electron chi connectivity index (χ0n) is 25.3. The van der Waals surface area contributed by atoms with Crippen LogP contribution in [0.5, 0.6) is 5.75 Å². The lowest BCUT2D eigenvalue weighted by Gasteiger charge is -2.37. The maximum Gasteiger partial charge on any atom is 0.337 e.